The molecule has 0 unspecified atom stereocenters. The second kappa shape index (κ2) is 7.03. The van der Waals surface area contributed by atoms with Crippen molar-refractivity contribution in [1.82, 2.24) is 19.5 Å². The molecule has 29 heavy (non-hydrogen) atoms. The zero-order chi connectivity index (χ0) is 20.0. The van der Waals surface area contributed by atoms with Crippen molar-refractivity contribution in [3.05, 3.63) is 48.5 Å². The first kappa shape index (κ1) is 18.4. The lowest BCUT2D eigenvalue weighted by Gasteiger charge is -2.19. The number of hydrogen-bond acceptors (Lipinski definition) is 8. The number of anilines is 1. The largest absolute Gasteiger partial charge is 0.387 e. The molecule has 2 fully saturated rings. The summed E-state index contributed by atoms with van der Waals surface area (Å²) in [5.41, 5.74) is 8.01. The van der Waals surface area contributed by atoms with Crippen molar-refractivity contribution in [3.8, 4) is 0 Å². The number of aromatic nitrogens is 4. The predicted octanol–water partition coefficient (Wildman–Crippen LogP) is 0.776. The molecule has 1 aliphatic carbocycles. The molecule has 1 aromatic carbocycles. The van der Waals surface area contributed by atoms with Gasteiger partial charge in [-0.25, -0.2) is 15.0 Å². The van der Waals surface area contributed by atoms with E-state index >= 15 is 0 Å². The number of nitrogens with two attached hydrogens (primary N) is 1. The molecule has 1 saturated heterocycles. The fraction of sp³-hybridized carbons (Fsp3) is 0.450. The van der Waals surface area contributed by atoms with Gasteiger partial charge in [0.2, 0.25) is 0 Å². The Labute approximate surface area is 167 Å². The smallest absolute Gasteiger partial charge is 0.167 e. The van der Waals surface area contributed by atoms with Crippen LogP contribution in [-0.2, 0) is 14.9 Å². The van der Waals surface area contributed by atoms with Crippen molar-refractivity contribution in [2.24, 2.45) is 0 Å². The molecular weight excluding hydrogens is 374 g/mol. The summed E-state index contributed by atoms with van der Waals surface area (Å²) in [7, 11) is 0. The van der Waals surface area contributed by atoms with Gasteiger partial charge in [0.1, 0.15) is 30.2 Å². The van der Waals surface area contributed by atoms with Gasteiger partial charge < -0.3 is 25.4 Å². The standard InChI is InChI=1S/C20H23N5O4/c21-17-14-18(23-10-22-17)25(11-24-14)19-16(27)15(26)13(29-19)8-28-9-20(6-7-20)12-4-2-1-3-5-12/h1-5,10-11,13,15-16,19,26-27H,6-9H2,(H2,21,22,23)/t13-,15-,16-,19-/m1/s1. The van der Waals surface area contributed by atoms with Crippen molar-refractivity contribution in [2.45, 2.75) is 42.8 Å². The van der Waals surface area contributed by atoms with Crippen LogP contribution in [0.3, 0.4) is 0 Å². The van der Waals surface area contributed by atoms with Gasteiger partial charge in [0, 0.05) is 5.41 Å². The van der Waals surface area contributed by atoms with Crippen molar-refractivity contribution < 1.29 is 19.7 Å². The van der Waals surface area contributed by atoms with E-state index in [-0.39, 0.29) is 17.8 Å². The van der Waals surface area contributed by atoms with Crippen LogP contribution in [0.4, 0.5) is 5.82 Å². The molecule has 0 amide bonds. The summed E-state index contributed by atoms with van der Waals surface area (Å²) >= 11 is 0. The number of fused-ring (bicyclic) bond motifs is 1. The van der Waals surface area contributed by atoms with E-state index in [0.29, 0.717) is 17.8 Å². The van der Waals surface area contributed by atoms with Crippen LogP contribution >= 0.6 is 0 Å². The number of benzene rings is 1. The van der Waals surface area contributed by atoms with E-state index in [1.807, 2.05) is 18.2 Å². The summed E-state index contributed by atoms with van der Waals surface area (Å²) in [5.74, 6) is 0.248. The number of nitrogen functional groups attached to an aromatic ring is 1. The molecule has 3 heterocycles. The number of ether oxygens (including phenoxy) is 2. The van der Waals surface area contributed by atoms with Gasteiger partial charge in [-0.3, -0.25) is 4.57 Å². The van der Waals surface area contributed by atoms with Gasteiger partial charge >= 0.3 is 0 Å². The summed E-state index contributed by atoms with van der Waals surface area (Å²) in [6.07, 6.45) is 1.27. The van der Waals surface area contributed by atoms with E-state index in [9.17, 15) is 10.2 Å². The van der Waals surface area contributed by atoms with Crippen LogP contribution in [0.25, 0.3) is 11.2 Å². The summed E-state index contributed by atoms with van der Waals surface area (Å²) in [6.45, 7) is 0.745. The summed E-state index contributed by atoms with van der Waals surface area (Å²) in [5, 5.41) is 21.0. The molecule has 1 aliphatic heterocycles. The van der Waals surface area contributed by atoms with E-state index in [1.165, 1.54) is 18.2 Å². The van der Waals surface area contributed by atoms with Gasteiger partial charge in [-0.2, -0.15) is 0 Å². The normalized spacial score (nSPS) is 28.1. The molecule has 2 aliphatic rings. The van der Waals surface area contributed by atoms with Gasteiger partial charge in [0.05, 0.1) is 19.5 Å². The molecule has 2 aromatic heterocycles. The zero-order valence-corrected chi connectivity index (χ0v) is 15.8. The Balaban J connectivity index is 1.26. The molecule has 4 N–H and O–H groups in total. The zero-order valence-electron chi connectivity index (χ0n) is 15.8. The van der Waals surface area contributed by atoms with Crippen LogP contribution in [0.5, 0.6) is 0 Å². The number of aliphatic hydroxyl groups is 2. The predicted molar refractivity (Wildman–Crippen MR) is 104 cm³/mol. The van der Waals surface area contributed by atoms with Crippen LogP contribution in [0, 0.1) is 0 Å². The third kappa shape index (κ3) is 3.16. The highest BCUT2D eigenvalue weighted by atomic mass is 16.6. The van der Waals surface area contributed by atoms with Crippen LogP contribution in [0.15, 0.2) is 43.0 Å². The fourth-order valence-corrected chi connectivity index (χ4v) is 3.98. The summed E-state index contributed by atoms with van der Waals surface area (Å²) < 4.78 is 13.4. The lowest BCUT2D eigenvalue weighted by molar-refractivity contribution is -0.0678. The Morgan fingerprint density at radius 2 is 1.93 bits per heavy atom. The Morgan fingerprint density at radius 1 is 1.14 bits per heavy atom. The van der Waals surface area contributed by atoms with Crippen molar-refractivity contribution in [2.75, 3.05) is 18.9 Å². The first-order valence-electron chi connectivity index (χ1n) is 9.67. The molecule has 0 radical (unpaired) electrons. The first-order valence-corrected chi connectivity index (χ1v) is 9.67. The third-order valence-electron chi connectivity index (χ3n) is 5.90. The van der Waals surface area contributed by atoms with Gasteiger partial charge in [0.25, 0.3) is 0 Å². The fourth-order valence-electron chi connectivity index (χ4n) is 3.98. The lowest BCUT2D eigenvalue weighted by Crippen LogP contribution is -2.34. The van der Waals surface area contributed by atoms with Gasteiger partial charge in [-0.1, -0.05) is 30.3 Å². The third-order valence-corrected chi connectivity index (χ3v) is 5.90. The van der Waals surface area contributed by atoms with Crippen LogP contribution < -0.4 is 5.73 Å². The van der Waals surface area contributed by atoms with Gasteiger partial charge in [0.15, 0.2) is 17.7 Å². The van der Waals surface area contributed by atoms with Crippen molar-refractivity contribution >= 4 is 17.0 Å². The summed E-state index contributed by atoms with van der Waals surface area (Å²) in [6, 6.07) is 10.3. The Bertz CT molecular complexity index is 1010. The molecule has 9 nitrogen and oxygen atoms in total. The highest BCUT2D eigenvalue weighted by molar-refractivity contribution is 5.81. The van der Waals surface area contributed by atoms with Crippen molar-refractivity contribution in [1.29, 1.82) is 0 Å². The Kier molecular flexibility index (Phi) is 4.47. The second-order valence-electron chi connectivity index (χ2n) is 7.79. The minimum atomic E-state index is -1.14. The van der Waals surface area contributed by atoms with E-state index in [1.54, 1.807) is 4.57 Å². The van der Waals surface area contributed by atoms with E-state index in [0.717, 1.165) is 12.8 Å². The quantitative estimate of drug-likeness (QED) is 0.556. The lowest BCUT2D eigenvalue weighted by atomic mass is 9.97. The maximum Gasteiger partial charge on any atom is 0.167 e. The van der Waals surface area contributed by atoms with Gasteiger partial charge in [-0.05, 0) is 18.4 Å². The van der Waals surface area contributed by atoms with E-state index in [2.05, 4.69) is 27.1 Å². The minimum Gasteiger partial charge on any atom is -0.387 e. The monoisotopic (exact) mass is 397 g/mol. The van der Waals surface area contributed by atoms with Crippen molar-refractivity contribution in [3.63, 3.8) is 0 Å². The van der Waals surface area contributed by atoms with Crippen LogP contribution in [0.1, 0.15) is 24.6 Å². The number of imidazole rings is 1. The maximum atomic E-state index is 10.5. The summed E-state index contributed by atoms with van der Waals surface area (Å²) in [4.78, 5) is 12.3. The van der Waals surface area contributed by atoms with Crippen LogP contribution in [0.2, 0.25) is 0 Å². The number of hydrogen-bond donors (Lipinski definition) is 3. The van der Waals surface area contributed by atoms with E-state index in [4.69, 9.17) is 15.2 Å². The number of rotatable bonds is 6. The molecule has 4 atom stereocenters. The highest BCUT2D eigenvalue weighted by Crippen LogP contribution is 2.48. The molecule has 152 valence electrons. The van der Waals surface area contributed by atoms with Gasteiger partial charge in [-0.15, -0.1) is 0 Å². The second-order valence-corrected chi connectivity index (χ2v) is 7.79. The number of nitrogens with zero attached hydrogens (tertiary/aromatic N) is 4. The van der Waals surface area contributed by atoms with Crippen LogP contribution in [-0.4, -0.2) is 61.3 Å². The highest BCUT2D eigenvalue weighted by Gasteiger charge is 2.47. The molecule has 0 spiro atoms. The average Bonchev–Trinajstić information content (AvgIpc) is 3.33. The first-order chi connectivity index (χ1) is 14.1. The van der Waals surface area contributed by atoms with E-state index < -0.39 is 24.5 Å². The topological polar surface area (TPSA) is 129 Å². The Hall–Kier alpha value is -2.59. The molecule has 0 bridgehead atoms. The molecule has 1 saturated carbocycles. The number of aliphatic hydroxyl groups excluding tert-OH is 2. The molecule has 5 rings (SSSR count). The molecular formula is C20H23N5O4. The Morgan fingerprint density at radius 3 is 2.69 bits per heavy atom. The molecule has 3 aromatic rings. The minimum absolute atomic E-state index is 0.0534. The average molecular weight is 397 g/mol. The maximum absolute atomic E-state index is 10.5. The SMILES string of the molecule is Nc1ncnc2c1ncn2[C@@H]1O[C@H](COCC2(c3ccccc3)CC2)[C@@H](O)[C@H]1O. The molecule has 9 heteroatoms.